The monoisotopic (exact) mass is 390 g/mol. The summed E-state index contributed by atoms with van der Waals surface area (Å²) in [4.78, 5) is 38.9. The Kier molecular flexibility index (Phi) is 3.75. The number of imide groups is 1. The van der Waals surface area contributed by atoms with Crippen molar-refractivity contribution in [2.45, 2.75) is 44.7 Å². The number of hydrogen-bond donors (Lipinski definition) is 1. The highest BCUT2D eigenvalue weighted by atomic mass is 79.9. The lowest BCUT2D eigenvalue weighted by Crippen LogP contribution is -2.51. The van der Waals surface area contributed by atoms with Crippen LogP contribution in [0.2, 0.25) is 0 Å². The van der Waals surface area contributed by atoms with Gasteiger partial charge in [0.05, 0.1) is 11.1 Å². The molecular formula is C18H19BrN2O3. The Hall–Kier alpha value is -1.69. The number of carbonyl (C=O) groups is 3. The molecule has 0 bridgehead atoms. The van der Waals surface area contributed by atoms with Crippen molar-refractivity contribution in [1.82, 2.24) is 10.2 Å². The van der Waals surface area contributed by atoms with Gasteiger partial charge in [-0.15, -0.1) is 0 Å². The molecule has 126 valence electrons. The zero-order valence-electron chi connectivity index (χ0n) is 13.4. The van der Waals surface area contributed by atoms with Crippen LogP contribution in [0.3, 0.4) is 0 Å². The predicted octanol–water partition coefficient (Wildman–Crippen LogP) is 2.74. The number of hydrogen-bond acceptors (Lipinski definition) is 3. The molecule has 1 aliphatic heterocycles. The van der Waals surface area contributed by atoms with E-state index in [4.69, 9.17) is 0 Å². The highest BCUT2D eigenvalue weighted by Gasteiger charge is 2.45. The van der Waals surface area contributed by atoms with Gasteiger partial charge in [0, 0.05) is 10.5 Å². The van der Waals surface area contributed by atoms with Crippen LogP contribution in [0, 0.1) is 11.8 Å². The molecule has 0 aromatic heterocycles. The summed E-state index contributed by atoms with van der Waals surface area (Å²) in [7, 11) is 0. The van der Waals surface area contributed by atoms with E-state index in [0.29, 0.717) is 23.0 Å². The van der Waals surface area contributed by atoms with Crippen LogP contribution in [0.15, 0.2) is 22.7 Å². The van der Waals surface area contributed by atoms with E-state index in [1.807, 2.05) is 0 Å². The zero-order valence-corrected chi connectivity index (χ0v) is 15.0. The van der Waals surface area contributed by atoms with Gasteiger partial charge in [0.25, 0.3) is 11.8 Å². The van der Waals surface area contributed by atoms with Crippen LogP contribution in [-0.2, 0) is 4.79 Å². The van der Waals surface area contributed by atoms with Crippen LogP contribution in [0.25, 0.3) is 0 Å². The van der Waals surface area contributed by atoms with Gasteiger partial charge in [-0.1, -0.05) is 15.9 Å². The highest BCUT2D eigenvalue weighted by molar-refractivity contribution is 9.10. The first-order chi connectivity index (χ1) is 11.5. The molecule has 4 rings (SSSR count). The van der Waals surface area contributed by atoms with Gasteiger partial charge in [0.15, 0.2) is 0 Å². The topological polar surface area (TPSA) is 66.5 Å². The molecule has 1 N–H and O–H groups in total. The van der Waals surface area contributed by atoms with E-state index in [-0.39, 0.29) is 17.9 Å². The summed E-state index contributed by atoms with van der Waals surface area (Å²) in [6, 6.07) is 4.41. The highest BCUT2D eigenvalue weighted by Crippen LogP contribution is 2.44. The van der Waals surface area contributed by atoms with Gasteiger partial charge in [-0.25, -0.2) is 0 Å². The van der Waals surface area contributed by atoms with E-state index >= 15 is 0 Å². The van der Waals surface area contributed by atoms with Crippen molar-refractivity contribution in [2.24, 2.45) is 11.8 Å². The van der Waals surface area contributed by atoms with Gasteiger partial charge in [0.1, 0.15) is 6.04 Å². The summed E-state index contributed by atoms with van der Waals surface area (Å²) in [6.45, 7) is 1.63. The summed E-state index contributed by atoms with van der Waals surface area (Å²) in [6.07, 6.45) is 4.65. The lowest BCUT2D eigenvalue weighted by Gasteiger charge is -2.25. The summed E-state index contributed by atoms with van der Waals surface area (Å²) in [5, 5.41) is 3.10. The molecule has 5 nitrogen and oxygen atoms in total. The van der Waals surface area contributed by atoms with Crippen molar-refractivity contribution >= 4 is 33.7 Å². The van der Waals surface area contributed by atoms with Crippen molar-refractivity contribution in [3.63, 3.8) is 0 Å². The zero-order chi connectivity index (χ0) is 17.0. The van der Waals surface area contributed by atoms with Gasteiger partial charge in [-0.3, -0.25) is 19.3 Å². The molecule has 24 heavy (non-hydrogen) atoms. The van der Waals surface area contributed by atoms with Crippen molar-refractivity contribution in [2.75, 3.05) is 0 Å². The summed E-state index contributed by atoms with van der Waals surface area (Å²) < 4.78 is 0.740. The largest absolute Gasteiger partial charge is 0.351 e. The number of benzene rings is 1. The average molecular weight is 391 g/mol. The van der Waals surface area contributed by atoms with Gasteiger partial charge >= 0.3 is 0 Å². The number of fused-ring (bicyclic) bond motifs is 1. The van der Waals surface area contributed by atoms with E-state index in [0.717, 1.165) is 35.1 Å². The quantitative estimate of drug-likeness (QED) is 0.785. The maximum Gasteiger partial charge on any atom is 0.262 e. The maximum atomic E-state index is 12.6. The third kappa shape index (κ3) is 2.66. The van der Waals surface area contributed by atoms with Crippen molar-refractivity contribution in [3.05, 3.63) is 33.8 Å². The Morgan fingerprint density at radius 2 is 1.71 bits per heavy atom. The molecular weight excluding hydrogens is 372 g/mol. The predicted molar refractivity (Wildman–Crippen MR) is 91.5 cm³/mol. The van der Waals surface area contributed by atoms with Gasteiger partial charge in [-0.2, -0.15) is 0 Å². The fraction of sp³-hybridized carbons (Fsp3) is 0.500. The molecule has 1 atom stereocenters. The first kappa shape index (κ1) is 15.8. The molecule has 2 saturated carbocycles. The molecule has 1 aromatic carbocycles. The van der Waals surface area contributed by atoms with Crippen LogP contribution in [0.1, 0.15) is 53.3 Å². The van der Waals surface area contributed by atoms with E-state index < -0.39 is 11.9 Å². The van der Waals surface area contributed by atoms with Crippen molar-refractivity contribution < 1.29 is 14.4 Å². The summed E-state index contributed by atoms with van der Waals surface area (Å²) in [5.41, 5.74) is 0.721. The first-order valence-corrected chi connectivity index (χ1v) is 9.24. The van der Waals surface area contributed by atoms with Gasteiger partial charge in [-0.05, 0) is 62.6 Å². The lowest BCUT2D eigenvalue weighted by atomic mass is 10.1. The summed E-state index contributed by atoms with van der Waals surface area (Å²) in [5.74, 6) is 0.138. The molecule has 3 amide bonds. The second kappa shape index (κ2) is 5.69. The molecule has 3 aliphatic rings. The second-order valence-corrected chi connectivity index (χ2v) is 7.97. The maximum absolute atomic E-state index is 12.6. The molecule has 2 fully saturated rings. The van der Waals surface area contributed by atoms with Crippen LogP contribution in [0.5, 0.6) is 0 Å². The average Bonchev–Trinajstić information content (AvgIpc) is 3.45. The Labute approximate surface area is 148 Å². The Morgan fingerprint density at radius 3 is 2.29 bits per heavy atom. The Balaban J connectivity index is 1.52. The van der Waals surface area contributed by atoms with Gasteiger partial charge in [0.2, 0.25) is 5.91 Å². The molecule has 1 aromatic rings. The molecule has 0 spiro atoms. The third-order valence-corrected chi connectivity index (χ3v) is 5.71. The van der Waals surface area contributed by atoms with Crippen LogP contribution < -0.4 is 5.32 Å². The van der Waals surface area contributed by atoms with E-state index in [1.165, 1.54) is 0 Å². The fourth-order valence-corrected chi connectivity index (χ4v) is 3.88. The van der Waals surface area contributed by atoms with Crippen molar-refractivity contribution in [1.29, 1.82) is 0 Å². The lowest BCUT2D eigenvalue weighted by molar-refractivity contribution is -0.125. The summed E-state index contributed by atoms with van der Waals surface area (Å²) >= 11 is 3.32. The SMILES string of the molecule is C[C@H](C(=O)NC(C1CC1)C1CC1)N1C(=O)c2ccc(Br)cc2C1=O. The van der Waals surface area contributed by atoms with E-state index in [2.05, 4.69) is 21.2 Å². The number of amides is 3. The van der Waals surface area contributed by atoms with Crippen LogP contribution >= 0.6 is 15.9 Å². The molecule has 6 heteroatoms. The number of carbonyl (C=O) groups excluding carboxylic acids is 3. The van der Waals surface area contributed by atoms with E-state index in [1.54, 1.807) is 25.1 Å². The minimum Gasteiger partial charge on any atom is -0.351 e. The van der Waals surface area contributed by atoms with Gasteiger partial charge < -0.3 is 5.32 Å². The Morgan fingerprint density at radius 1 is 1.12 bits per heavy atom. The minimum absolute atomic E-state index is 0.212. The molecule has 2 aliphatic carbocycles. The molecule has 0 radical (unpaired) electrons. The normalized spacial score (nSPS) is 21.2. The molecule has 1 heterocycles. The number of nitrogens with one attached hydrogen (secondary N) is 1. The third-order valence-electron chi connectivity index (χ3n) is 5.22. The fourth-order valence-electron chi connectivity index (χ4n) is 3.52. The first-order valence-electron chi connectivity index (χ1n) is 8.45. The number of nitrogens with zero attached hydrogens (tertiary/aromatic N) is 1. The van der Waals surface area contributed by atoms with Crippen LogP contribution in [-0.4, -0.2) is 34.7 Å². The van der Waals surface area contributed by atoms with Crippen molar-refractivity contribution in [3.8, 4) is 0 Å². The molecule has 0 saturated heterocycles. The second-order valence-electron chi connectivity index (χ2n) is 7.06. The molecule has 0 unspecified atom stereocenters. The minimum atomic E-state index is -0.795. The smallest absolute Gasteiger partial charge is 0.262 e. The number of halogens is 1. The van der Waals surface area contributed by atoms with Crippen LogP contribution in [0.4, 0.5) is 0 Å². The number of rotatable bonds is 5. The van der Waals surface area contributed by atoms with E-state index in [9.17, 15) is 14.4 Å². The standard InChI is InChI=1S/C18H19BrN2O3/c1-9(16(22)20-15(10-2-3-10)11-4-5-11)21-17(23)13-7-6-12(19)8-14(13)18(21)24/h6-11,15H,2-5H2,1H3,(H,20,22)/t9-/m1/s1. The Bertz CT molecular complexity index is 728.